The summed E-state index contributed by atoms with van der Waals surface area (Å²) in [6.45, 7) is 0.479. The zero-order valence-electron chi connectivity index (χ0n) is 17.8. The molecule has 1 aliphatic rings. The van der Waals surface area contributed by atoms with E-state index in [1.807, 2.05) is 84.9 Å². The van der Waals surface area contributed by atoms with Gasteiger partial charge in [-0.15, -0.1) is 0 Å². The van der Waals surface area contributed by atoms with Gasteiger partial charge in [0, 0.05) is 5.75 Å². The fraction of sp³-hybridized carbons (Fsp3) is 0.115. The van der Waals surface area contributed by atoms with E-state index < -0.39 is 5.97 Å². The van der Waals surface area contributed by atoms with Gasteiger partial charge in [0.1, 0.15) is 18.1 Å². The van der Waals surface area contributed by atoms with Gasteiger partial charge in [-0.05, 0) is 41.5 Å². The molecule has 0 fully saturated rings. The largest absolute Gasteiger partial charge is 0.489 e. The van der Waals surface area contributed by atoms with Crippen molar-refractivity contribution in [3.63, 3.8) is 0 Å². The third-order valence-electron chi connectivity index (χ3n) is 4.82. The van der Waals surface area contributed by atoms with Crippen molar-refractivity contribution < 1.29 is 19.4 Å². The Bertz CT molecular complexity index is 1180. The van der Waals surface area contributed by atoms with Crippen molar-refractivity contribution in [3.05, 3.63) is 102 Å². The summed E-state index contributed by atoms with van der Waals surface area (Å²) < 4.78 is 5.82. The van der Waals surface area contributed by atoms with Crippen LogP contribution >= 0.6 is 11.8 Å². The van der Waals surface area contributed by atoms with Gasteiger partial charge in [-0.3, -0.25) is 14.5 Å². The van der Waals surface area contributed by atoms with Crippen molar-refractivity contribution in [2.45, 2.75) is 13.0 Å². The molecule has 166 valence electrons. The molecule has 0 bridgehead atoms. The van der Waals surface area contributed by atoms with E-state index in [4.69, 9.17) is 9.84 Å². The molecule has 33 heavy (non-hydrogen) atoms. The Morgan fingerprint density at radius 3 is 2.30 bits per heavy atom. The third-order valence-corrected chi connectivity index (χ3v) is 5.76. The van der Waals surface area contributed by atoms with Crippen molar-refractivity contribution in [3.8, 4) is 5.75 Å². The summed E-state index contributed by atoms with van der Waals surface area (Å²) in [6, 6.07) is 26.6. The van der Waals surface area contributed by atoms with Crippen LogP contribution in [0.25, 0.3) is 6.08 Å². The summed E-state index contributed by atoms with van der Waals surface area (Å²) in [5.74, 6) is -0.0727. The minimum absolute atomic E-state index is 0.00992. The third kappa shape index (κ3) is 5.90. The summed E-state index contributed by atoms with van der Waals surface area (Å²) in [7, 11) is 0. The molecule has 1 aliphatic heterocycles. The molecule has 7 heteroatoms. The van der Waals surface area contributed by atoms with Crippen LogP contribution in [0.15, 0.2) is 95.6 Å². The predicted octanol–water partition coefficient (Wildman–Crippen LogP) is 5.22. The summed E-state index contributed by atoms with van der Waals surface area (Å²) in [5.41, 5.74) is 2.90. The normalized spacial score (nSPS) is 14.4. The summed E-state index contributed by atoms with van der Waals surface area (Å²) in [6.07, 6.45) is 1.72. The average molecular weight is 459 g/mol. The number of nitrogens with zero attached hydrogens (tertiary/aromatic N) is 2. The number of para-hydroxylation sites is 1. The lowest BCUT2D eigenvalue weighted by Gasteiger charge is -2.17. The molecule has 0 unspecified atom stereocenters. The van der Waals surface area contributed by atoms with Crippen LogP contribution in [-0.2, 0) is 16.2 Å². The van der Waals surface area contributed by atoms with Gasteiger partial charge >= 0.3 is 5.97 Å². The topological polar surface area (TPSA) is 79.2 Å². The van der Waals surface area contributed by atoms with Gasteiger partial charge in [0.2, 0.25) is 0 Å². The molecule has 0 aromatic heterocycles. The summed E-state index contributed by atoms with van der Waals surface area (Å²) in [5, 5.41) is 9.41. The number of carbonyl (C=O) groups is 2. The molecule has 0 spiro atoms. The van der Waals surface area contributed by atoms with Crippen LogP contribution in [-0.4, -0.2) is 27.9 Å². The van der Waals surface area contributed by atoms with Crippen molar-refractivity contribution in [1.82, 2.24) is 0 Å². The Hall–Kier alpha value is -3.84. The molecule has 0 aliphatic carbocycles. The van der Waals surface area contributed by atoms with E-state index in [-0.39, 0.29) is 12.3 Å². The zero-order valence-corrected chi connectivity index (χ0v) is 18.6. The molecule has 3 aromatic rings. The Balaban J connectivity index is 1.50. The van der Waals surface area contributed by atoms with E-state index in [2.05, 4.69) is 4.99 Å². The minimum atomic E-state index is -0.885. The number of carboxylic acid groups (broad SMARTS) is 1. The lowest BCUT2D eigenvalue weighted by molar-refractivity contribution is -0.136. The quantitative estimate of drug-likeness (QED) is 0.469. The number of amidine groups is 1. The second-order valence-electron chi connectivity index (χ2n) is 7.24. The van der Waals surface area contributed by atoms with Crippen LogP contribution in [0.4, 0.5) is 5.69 Å². The lowest BCUT2D eigenvalue weighted by Crippen LogP contribution is -2.30. The van der Waals surface area contributed by atoms with Crippen LogP contribution in [0.3, 0.4) is 0 Å². The molecule has 1 N–H and O–H groups in total. The van der Waals surface area contributed by atoms with Gasteiger partial charge in [-0.1, -0.05) is 72.4 Å². The van der Waals surface area contributed by atoms with Gasteiger partial charge in [-0.25, -0.2) is 4.99 Å². The number of amides is 1. The number of carboxylic acids is 1. The minimum Gasteiger partial charge on any atom is -0.489 e. The first-order valence-corrected chi connectivity index (χ1v) is 11.4. The maximum Gasteiger partial charge on any atom is 0.304 e. The Morgan fingerprint density at radius 2 is 1.64 bits per heavy atom. The van der Waals surface area contributed by atoms with Gasteiger partial charge in [0.05, 0.1) is 12.1 Å². The molecule has 0 saturated heterocycles. The predicted molar refractivity (Wildman–Crippen MR) is 131 cm³/mol. The highest BCUT2D eigenvalue weighted by atomic mass is 32.2. The van der Waals surface area contributed by atoms with Crippen molar-refractivity contribution in [2.75, 3.05) is 10.7 Å². The second-order valence-corrected chi connectivity index (χ2v) is 8.30. The summed E-state index contributed by atoms with van der Waals surface area (Å²) >= 11 is 1.25. The zero-order chi connectivity index (χ0) is 23.0. The fourth-order valence-corrected chi connectivity index (χ4v) is 4.13. The Morgan fingerprint density at radius 1 is 0.970 bits per heavy atom. The molecule has 0 atom stereocenters. The van der Waals surface area contributed by atoms with E-state index in [9.17, 15) is 9.59 Å². The molecule has 1 heterocycles. The number of benzene rings is 3. The monoisotopic (exact) mass is 458 g/mol. The smallest absolute Gasteiger partial charge is 0.304 e. The van der Waals surface area contributed by atoms with Gasteiger partial charge in [-0.2, -0.15) is 0 Å². The standard InChI is InChI=1S/C26H22N2O4S/c29-24(30)15-16-33-26-27-23(25(31)28(26)21-9-5-2-6-10-21)17-19-11-13-22(14-12-19)32-18-20-7-3-1-4-8-20/h1-14,17H,15-16,18H2,(H,29,30)/b23-17+. The van der Waals surface area contributed by atoms with Crippen LogP contribution in [0.5, 0.6) is 5.75 Å². The highest BCUT2D eigenvalue weighted by Gasteiger charge is 2.31. The fourth-order valence-electron chi connectivity index (χ4n) is 3.19. The highest BCUT2D eigenvalue weighted by molar-refractivity contribution is 8.14. The van der Waals surface area contributed by atoms with Gasteiger partial charge in [0.25, 0.3) is 5.91 Å². The first-order chi connectivity index (χ1) is 16.1. The maximum atomic E-state index is 13.1. The van der Waals surface area contributed by atoms with Crippen molar-refractivity contribution in [2.24, 2.45) is 4.99 Å². The van der Waals surface area contributed by atoms with Gasteiger partial charge < -0.3 is 9.84 Å². The second kappa shape index (κ2) is 10.7. The Labute approximate surface area is 196 Å². The van der Waals surface area contributed by atoms with Crippen molar-refractivity contribution in [1.29, 1.82) is 0 Å². The number of aliphatic carboxylic acids is 1. The van der Waals surface area contributed by atoms with Crippen LogP contribution in [0, 0.1) is 0 Å². The molecular formula is C26H22N2O4S. The number of aliphatic imine (C=N–C) groups is 1. The number of rotatable bonds is 8. The average Bonchev–Trinajstić information content (AvgIpc) is 3.14. The molecule has 0 radical (unpaired) electrons. The highest BCUT2D eigenvalue weighted by Crippen LogP contribution is 2.29. The number of ether oxygens (including phenoxy) is 1. The number of thioether (sulfide) groups is 1. The SMILES string of the molecule is O=C(O)CCSC1=N/C(=C/c2ccc(OCc3ccccc3)cc2)C(=O)N1c1ccccc1. The van der Waals surface area contributed by atoms with Crippen molar-refractivity contribution >= 4 is 40.6 Å². The molecule has 4 rings (SSSR count). The van der Waals surface area contributed by atoms with Crippen LogP contribution < -0.4 is 9.64 Å². The first-order valence-electron chi connectivity index (χ1n) is 10.4. The van der Waals surface area contributed by atoms with E-state index >= 15 is 0 Å². The Kier molecular flexibility index (Phi) is 7.22. The number of carbonyl (C=O) groups excluding carboxylic acids is 1. The first kappa shape index (κ1) is 22.4. The van der Waals surface area contributed by atoms with E-state index in [0.717, 1.165) is 16.9 Å². The maximum absolute atomic E-state index is 13.1. The number of hydrogen-bond acceptors (Lipinski definition) is 5. The molecule has 1 amide bonds. The molecule has 3 aromatic carbocycles. The van der Waals surface area contributed by atoms with E-state index in [1.54, 1.807) is 6.08 Å². The number of anilines is 1. The molecule has 0 saturated carbocycles. The molecular weight excluding hydrogens is 436 g/mol. The molecule has 6 nitrogen and oxygen atoms in total. The van der Waals surface area contributed by atoms with Gasteiger partial charge in [0.15, 0.2) is 5.17 Å². The van der Waals surface area contributed by atoms with E-state index in [0.29, 0.717) is 28.9 Å². The van der Waals surface area contributed by atoms with Crippen LogP contribution in [0.2, 0.25) is 0 Å². The number of hydrogen-bond donors (Lipinski definition) is 1. The van der Waals surface area contributed by atoms with Crippen LogP contribution in [0.1, 0.15) is 17.5 Å². The van der Waals surface area contributed by atoms with E-state index in [1.165, 1.54) is 16.7 Å². The summed E-state index contributed by atoms with van der Waals surface area (Å²) in [4.78, 5) is 30.1. The lowest BCUT2D eigenvalue weighted by atomic mass is 10.2.